The summed E-state index contributed by atoms with van der Waals surface area (Å²) in [6.45, 7) is 2.38. The van der Waals surface area contributed by atoms with E-state index in [0.717, 1.165) is 135 Å². The Bertz CT molecular complexity index is 2730. The van der Waals surface area contributed by atoms with Crippen LogP contribution in [-0.4, -0.2) is 95.9 Å². The highest BCUT2D eigenvalue weighted by atomic mass is 31.2. The Morgan fingerprint density at radius 2 is 0.478 bits per heavy atom. The average Bonchev–Trinajstić information content (AvgIpc) is 0.897. The summed E-state index contributed by atoms with van der Waals surface area (Å²) in [5.74, 6) is -1.65. The normalized spacial score (nSPS) is 14.6. The minimum atomic E-state index is -4.96. The first kappa shape index (κ1) is 108. The highest BCUT2D eigenvalue weighted by Crippen LogP contribution is 2.45. The number of aliphatic hydroxyl groups is 2. The zero-order valence-corrected chi connectivity index (χ0v) is 72.8. The molecule has 0 aromatic rings. The van der Waals surface area contributed by atoms with Crippen molar-refractivity contribution in [2.45, 2.75) is 373 Å². The number of unbranched alkanes of at least 4 members (excludes halogenated alkanes) is 32. The van der Waals surface area contributed by atoms with Gasteiger partial charge in [0.15, 0.2) is 6.10 Å². The van der Waals surface area contributed by atoms with E-state index < -0.39 is 91.5 Å². The van der Waals surface area contributed by atoms with Gasteiger partial charge >= 0.3 is 33.6 Å². The summed E-state index contributed by atoms with van der Waals surface area (Å²) in [6, 6.07) is 0. The third-order valence-electron chi connectivity index (χ3n) is 18.4. The van der Waals surface area contributed by atoms with Gasteiger partial charge in [-0.1, -0.05) is 358 Å². The molecule has 5 atom stereocenters. The second-order valence-electron chi connectivity index (χ2n) is 29.3. The molecular weight excluding hydrogens is 1460 g/mol. The molecule has 0 aromatic heterocycles. The molecule has 0 amide bonds. The van der Waals surface area contributed by atoms with Gasteiger partial charge in [0.05, 0.1) is 26.4 Å². The van der Waals surface area contributed by atoms with Gasteiger partial charge in [0, 0.05) is 19.3 Å². The van der Waals surface area contributed by atoms with Crippen LogP contribution in [0.4, 0.5) is 0 Å². The second-order valence-corrected chi connectivity index (χ2v) is 32.2. The van der Waals surface area contributed by atoms with Crippen molar-refractivity contribution in [3.05, 3.63) is 170 Å². The van der Waals surface area contributed by atoms with Crippen LogP contribution in [0.25, 0.3) is 0 Å². The molecule has 4 N–H and O–H groups in total. The van der Waals surface area contributed by atoms with Crippen LogP contribution in [0.5, 0.6) is 0 Å². The lowest BCUT2D eigenvalue weighted by atomic mass is 10.0. The van der Waals surface area contributed by atoms with E-state index in [9.17, 15) is 43.5 Å². The molecule has 0 saturated carbocycles. The van der Waals surface area contributed by atoms with Crippen LogP contribution >= 0.6 is 15.6 Å². The number of esters is 3. The number of phosphoric acid groups is 2. The van der Waals surface area contributed by atoms with E-state index >= 15 is 0 Å². The SMILES string of the molecule is CC/C=C\C/C=C\C/C=C\C/C=C\C/C=C\CCCCCCCCCCCCCC(=O)OCC(COP(=O)(O)OCC(O)COP(=O)(O)OCC(O)COC(=O)CCCCCCCCCCCCCCCCCCC/C=C\C/C=C\C/C=C\C/C=C\CCCCC)OC(=O)CCC/C=C\C/C=C\C/C=C\C/C=C\C/C=C\CC. The largest absolute Gasteiger partial charge is 0.472 e. The minimum absolute atomic E-state index is 0.0210. The fourth-order valence-corrected chi connectivity index (χ4v) is 13.3. The number of aliphatic hydroxyl groups excluding tert-OH is 2. The number of allylic oxidation sites excluding steroid dienone is 28. The Labute approximate surface area is 688 Å². The van der Waals surface area contributed by atoms with Gasteiger partial charge in [0.25, 0.3) is 0 Å². The Morgan fingerprint density at radius 1 is 0.257 bits per heavy atom. The summed E-state index contributed by atoms with van der Waals surface area (Å²) in [5, 5.41) is 20.7. The van der Waals surface area contributed by atoms with Gasteiger partial charge in [0.1, 0.15) is 25.4 Å². The summed E-state index contributed by atoms with van der Waals surface area (Å²) in [7, 11) is -9.83. The molecule has 0 aliphatic carbocycles. The summed E-state index contributed by atoms with van der Waals surface area (Å²) in [5.41, 5.74) is 0. The second kappa shape index (κ2) is 86.3. The third kappa shape index (κ3) is 87.6. The summed E-state index contributed by atoms with van der Waals surface area (Å²) >= 11 is 0. The van der Waals surface area contributed by atoms with Crippen molar-refractivity contribution in [1.29, 1.82) is 0 Å². The predicted molar refractivity (Wildman–Crippen MR) is 472 cm³/mol. The number of carbonyl (C=O) groups excluding carboxylic acids is 3. The van der Waals surface area contributed by atoms with Crippen LogP contribution in [0.2, 0.25) is 0 Å². The highest BCUT2D eigenvalue weighted by Gasteiger charge is 2.29. The molecule has 18 heteroatoms. The van der Waals surface area contributed by atoms with E-state index in [1.54, 1.807) is 0 Å². The Balaban J connectivity index is 4.53. The fourth-order valence-electron chi connectivity index (χ4n) is 11.7. The molecule has 646 valence electrons. The van der Waals surface area contributed by atoms with E-state index in [-0.39, 0.29) is 19.3 Å². The van der Waals surface area contributed by atoms with E-state index in [4.69, 9.17) is 32.3 Å². The first-order chi connectivity index (χ1) is 55.2. The zero-order valence-electron chi connectivity index (χ0n) is 71.0. The maximum atomic E-state index is 13.0. The molecule has 113 heavy (non-hydrogen) atoms. The molecular formula is C95H160O16P2. The lowest BCUT2D eigenvalue weighted by molar-refractivity contribution is -0.161. The van der Waals surface area contributed by atoms with Crippen LogP contribution in [-0.2, 0) is 55.8 Å². The summed E-state index contributed by atoms with van der Waals surface area (Å²) < 4.78 is 61.3. The van der Waals surface area contributed by atoms with Crippen molar-refractivity contribution in [2.24, 2.45) is 0 Å². The van der Waals surface area contributed by atoms with Gasteiger partial charge in [-0.05, 0) is 148 Å². The maximum absolute atomic E-state index is 13.0. The van der Waals surface area contributed by atoms with Gasteiger partial charge in [-0.15, -0.1) is 0 Å². The average molecular weight is 1620 g/mol. The lowest BCUT2D eigenvalue weighted by Crippen LogP contribution is -2.30. The number of phosphoric ester groups is 2. The number of ether oxygens (including phenoxy) is 3. The first-order valence-electron chi connectivity index (χ1n) is 44.4. The molecule has 5 unspecified atom stereocenters. The standard InChI is InChI=1S/C95H160O16P2/c1-4-7-10-13-16-19-22-25-28-31-33-35-37-39-41-42-43-44-45-46-48-50-51-53-55-58-60-63-66-69-72-75-78-81-93(98)105-84-90(96)85-107-112(101,102)108-86-91(97)87-109-113(103,104)110-89-92(111-95(100)83-80-77-74-71-68-65-62-57-30-27-24-21-18-15-12-9-6-3)88-106-94(99)82-79-76-73-70-67-64-61-59-56-54-52-49-47-40-38-36-34-32-29-26-23-20-17-14-11-8-5-2/h8-9,11-12,16-21,25-30,33-36,39-41,47,62,65,71,74,90-92,96-97H,4-7,10,13-15,22-24,31-32,37-38,42-46,48-61,63-64,66-70,72-73,75-89H2,1-3H3,(H,101,102)(H,103,104)/b11-8-,12-9-,19-16-,20-17-,21-18-,28-25-,29-26-,30-27-,35-33-,36-34-,41-39-,47-40-,65-62-,74-71-. The van der Waals surface area contributed by atoms with Crippen molar-refractivity contribution in [1.82, 2.24) is 0 Å². The molecule has 0 fully saturated rings. The molecule has 0 radical (unpaired) electrons. The van der Waals surface area contributed by atoms with Gasteiger partial charge in [0.2, 0.25) is 0 Å². The predicted octanol–water partition coefficient (Wildman–Crippen LogP) is 27.1. The van der Waals surface area contributed by atoms with Crippen molar-refractivity contribution in [3.8, 4) is 0 Å². The molecule has 16 nitrogen and oxygen atoms in total. The molecule has 0 saturated heterocycles. The molecule has 0 heterocycles. The van der Waals surface area contributed by atoms with E-state index in [1.807, 2.05) is 12.2 Å². The number of rotatable bonds is 83. The molecule has 0 spiro atoms. The molecule has 0 aliphatic rings. The fraction of sp³-hybridized carbons (Fsp3) is 0.674. The third-order valence-corrected chi connectivity index (χ3v) is 20.3. The lowest BCUT2D eigenvalue weighted by Gasteiger charge is -2.21. The van der Waals surface area contributed by atoms with Crippen molar-refractivity contribution >= 4 is 33.6 Å². The van der Waals surface area contributed by atoms with Gasteiger partial charge in [-0.2, -0.15) is 0 Å². The van der Waals surface area contributed by atoms with E-state index in [0.29, 0.717) is 25.7 Å². The van der Waals surface area contributed by atoms with Crippen LogP contribution in [0.1, 0.15) is 355 Å². The van der Waals surface area contributed by atoms with E-state index in [1.165, 1.54) is 154 Å². The maximum Gasteiger partial charge on any atom is 0.472 e. The van der Waals surface area contributed by atoms with E-state index in [2.05, 4.69) is 179 Å². The van der Waals surface area contributed by atoms with Gasteiger partial charge in [-0.3, -0.25) is 32.5 Å². The zero-order chi connectivity index (χ0) is 82.2. The van der Waals surface area contributed by atoms with Crippen molar-refractivity contribution in [3.63, 3.8) is 0 Å². The topological polar surface area (TPSA) is 231 Å². The number of carbonyl (C=O) groups is 3. The molecule has 0 bridgehead atoms. The Hall–Kier alpha value is -5.09. The molecule has 0 aromatic carbocycles. The Morgan fingerprint density at radius 3 is 0.770 bits per heavy atom. The van der Waals surface area contributed by atoms with Gasteiger partial charge in [-0.25, -0.2) is 9.13 Å². The van der Waals surface area contributed by atoms with Crippen LogP contribution in [0.3, 0.4) is 0 Å². The number of hydrogen-bond acceptors (Lipinski definition) is 14. The van der Waals surface area contributed by atoms with Crippen LogP contribution in [0.15, 0.2) is 170 Å². The molecule has 0 rings (SSSR count). The number of hydrogen-bond donors (Lipinski definition) is 4. The quantitative estimate of drug-likeness (QED) is 0.0146. The highest BCUT2D eigenvalue weighted by molar-refractivity contribution is 7.47. The first-order valence-corrected chi connectivity index (χ1v) is 47.4. The van der Waals surface area contributed by atoms with Gasteiger partial charge < -0.3 is 34.2 Å². The van der Waals surface area contributed by atoms with Crippen molar-refractivity contribution in [2.75, 3.05) is 39.6 Å². The smallest absolute Gasteiger partial charge is 0.463 e. The Kier molecular flexibility index (Phi) is 82.4. The minimum Gasteiger partial charge on any atom is -0.463 e. The monoisotopic (exact) mass is 1620 g/mol. The summed E-state index contributed by atoms with van der Waals surface area (Å²) in [6.07, 6.45) is 111. The summed E-state index contributed by atoms with van der Waals surface area (Å²) in [4.78, 5) is 58.8. The van der Waals surface area contributed by atoms with Crippen LogP contribution < -0.4 is 0 Å². The van der Waals surface area contributed by atoms with Crippen LogP contribution in [0, 0.1) is 0 Å². The van der Waals surface area contributed by atoms with Crippen molar-refractivity contribution < 1.29 is 75.8 Å². The molecule has 0 aliphatic heterocycles.